The van der Waals surface area contributed by atoms with Gasteiger partial charge in [-0.15, -0.1) is 0 Å². The van der Waals surface area contributed by atoms with Crippen LogP contribution in [0.1, 0.15) is 48.4 Å². The molecular weight excluding hydrogens is 592 g/mol. The number of halogens is 4. The summed E-state index contributed by atoms with van der Waals surface area (Å²) in [7, 11) is 0. The van der Waals surface area contributed by atoms with Crippen molar-refractivity contribution >= 4 is 23.6 Å². The van der Waals surface area contributed by atoms with E-state index in [1.807, 2.05) is 24.1 Å². The summed E-state index contributed by atoms with van der Waals surface area (Å²) in [6, 6.07) is 9.49. The number of carbonyl (C=O) groups excluding carboxylic acids is 2. The number of likely N-dealkylation sites (tertiary alicyclic amines) is 1. The molecule has 6 rings (SSSR count). The van der Waals surface area contributed by atoms with Crippen LogP contribution in [0.3, 0.4) is 0 Å². The number of benzene rings is 2. The van der Waals surface area contributed by atoms with Gasteiger partial charge >= 0.3 is 18.3 Å². The summed E-state index contributed by atoms with van der Waals surface area (Å²) >= 11 is 0. The number of fused-ring (bicyclic) bond motifs is 1. The van der Waals surface area contributed by atoms with Gasteiger partial charge in [-0.1, -0.05) is 30.3 Å². The van der Waals surface area contributed by atoms with Crippen LogP contribution >= 0.6 is 0 Å². The topological polar surface area (TPSA) is 74.1 Å². The Hall–Kier alpha value is -4.29. The van der Waals surface area contributed by atoms with E-state index in [2.05, 4.69) is 5.10 Å². The Morgan fingerprint density at radius 3 is 2.47 bits per heavy atom. The molecule has 2 fully saturated rings. The molecular formula is C32H36F4N6O3. The molecule has 3 aliphatic rings. The molecule has 1 aromatic heterocycles. The molecule has 0 saturated carbocycles. The number of hydrogen-bond acceptors (Lipinski definition) is 5. The van der Waals surface area contributed by atoms with Crippen molar-refractivity contribution in [2.75, 3.05) is 36.0 Å². The lowest BCUT2D eigenvalue weighted by Crippen LogP contribution is -2.54. The number of hydrogen-bond donors (Lipinski definition) is 0. The van der Waals surface area contributed by atoms with Gasteiger partial charge in [0.05, 0.1) is 43.5 Å². The lowest BCUT2D eigenvalue weighted by molar-refractivity contribution is -0.138. The van der Waals surface area contributed by atoms with Gasteiger partial charge < -0.3 is 19.4 Å². The Bertz CT molecular complexity index is 1550. The number of ether oxygens (including phenoxy) is 1. The fraction of sp³-hybridized carbons (Fsp3) is 0.469. The van der Waals surface area contributed by atoms with Crippen LogP contribution in [0.2, 0.25) is 0 Å². The maximum atomic E-state index is 14.7. The summed E-state index contributed by atoms with van der Waals surface area (Å²) in [6.07, 6.45) is -1.25. The maximum absolute atomic E-state index is 14.7. The first-order chi connectivity index (χ1) is 21.5. The van der Waals surface area contributed by atoms with Crippen LogP contribution in [0.5, 0.6) is 0 Å². The second-order valence-electron chi connectivity index (χ2n) is 11.8. The fourth-order valence-electron chi connectivity index (χ4n) is 6.63. The summed E-state index contributed by atoms with van der Waals surface area (Å²) in [4.78, 5) is 33.1. The third-order valence-corrected chi connectivity index (χ3v) is 8.99. The van der Waals surface area contributed by atoms with Gasteiger partial charge in [0.15, 0.2) is 5.82 Å². The summed E-state index contributed by atoms with van der Waals surface area (Å²) in [6.45, 7) is 5.83. The number of aromatic nitrogens is 2. The van der Waals surface area contributed by atoms with Crippen molar-refractivity contribution in [2.45, 2.75) is 71.0 Å². The summed E-state index contributed by atoms with van der Waals surface area (Å²) in [5.74, 6) is 0.0247. The molecule has 9 nitrogen and oxygen atoms in total. The standard InChI is InChI=1S/C32H36F4N6O3/c1-3-45-31(44)40-16-13-25(40)20-39-17-23-19-41(24-11-14-38(15-12-24)28-21(2)7-6-10-27(28)33)30(43)42(29(23)37-39)18-22-8-4-5-9-26(22)32(34,35)36/h4-10,17,24-25H,3,11-16,18-20H2,1-2H3. The average Bonchev–Trinajstić information content (AvgIpc) is 3.39. The first kappa shape index (κ1) is 30.7. The van der Waals surface area contributed by atoms with Crippen LogP contribution in [0, 0.1) is 12.7 Å². The summed E-state index contributed by atoms with van der Waals surface area (Å²) in [5.41, 5.74) is 1.28. The molecule has 45 heavy (non-hydrogen) atoms. The van der Waals surface area contributed by atoms with Gasteiger partial charge in [-0.05, 0) is 56.4 Å². The van der Waals surface area contributed by atoms with E-state index >= 15 is 0 Å². The Balaban J connectivity index is 1.26. The summed E-state index contributed by atoms with van der Waals surface area (Å²) < 4.78 is 63.3. The van der Waals surface area contributed by atoms with Crippen molar-refractivity contribution in [3.63, 3.8) is 0 Å². The number of amides is 3. The van der Waals surface area contributed by atoms with Crippen molar-refractivity contribution in [1.82, 2.24) is 19.6 Å². The second kappa shape index (κ2) is 12.2. The van der Waals surface area contributed by atoms with Gasteiger partial charge in [-0.25, -0.2) is 14.0 Å². The van der Waals surface area contributed by atoms with E-state index in [1.54, 1.807) is 27.5 Å². The third kappa shape index (κ3) is 6.04. The molecule has 0 N–H and O–H groups in total. The molecule has 0 spiro atoms. The molecule has 2 aromatic carbocycles. The van der Waals surface area contributed by atoms with E-state index in [0.29, 0.717) is 56.1 Å². The van der Waals surface area contributed by atoms with Crippen LogP contribution in [0.25, 0.3) is 0 Å². The SMILES string of the molecule is CCOC(=O)N1CCC1Cn1cc2c(n1)N(Cc1ccccc1C(F)(F)F)C(=O)N(C1CCN(c3c(C)cccc3F)CC1)C2. The summed E-state index contributed by atoms with van der Waals surface area (Å²) in [5, 5.41) is 4.67. The van der Waals surface area contributed by atoms with E-state index in [0.717, 1.165) is 18.1 Å². The van der Waals surface area contributed by atoms with Gasteiger partial charge in [0.1, 0.15) is 5.82 Å². The van der Waals surface area contributed by atoms with Crippen molar-refractivity contribution < 1.29 is 31.9 Å². The zero-order valence-electron chi connectivity index (χ0n) is 25.3. The molecule has 3 amide bonds. The molecule has 2 saturated heterocycles. The number of rotatable bonds is 7. The lowest BCUT2D eigenvalue weighted by Gasteiger charge is -2.43. The van der Waals surface area contributed by atoms with Gasteiger partial charge in [-0.3, -0.25) is 9.58 Å². The fourth-order valence-corrected chi connectivity index (χ4v) is 6.63. The normalized spacial score (nSPS) is 19.1. The molecule has 3 aromatic rings. The van der Waals surface area contributed by atoms with E-state index in [-0.39, 0.29) is 43.2 Å². The Labute approximate surface area is 258 Å². The number of alkyl halides is 3. The molecule has 0 aliphatic carbocycles. The Kier molecular flexibility index (Phi) is 8.36. The van der Waals surface area contributed by atoms with E-state index in [9.17, 15) is 27.2 Å². The molecule has 3 aliphatic heterocycles. The van der Waals surface area contributed by atoms with Crippen molar-refractivity contribution in [3.8, 4) is 0 Å². The quantitative estimate of drug-likeness (QED) is 0.292. The van der Waals surface area contributed by atoms with Crippen LogP contribution in [-0.4, -0.2) is 70.0 Å². The van der Waals surface area contributed by atoms with Gasteiger partial charge in [0.25, 0.3) is 0 Å². The largest absolute Gasteiger partial charge is 0.450 e. The molecule has 13 heteroatoms. The van der Waals surface area contributed by atoms with Crippen molar-refractivity contribution in [3.05, 3.63) is 76.7 Å². The van der Waals surface area contributed by atoms with Crippen molar-refractivity contribution in [1.29, 1.82) is 0 Å². The first-order valence-corrected chi connectivity index (χ1v) is 15.3. The van der Waals surface area contributed by atoms with Crippen LogP contribution in [-0.2, 0) is 30.5 Å². The zero-order chi connectivity index (χ0) is 31.9. The van der Waals surface area contributed by atoms with Crippen LogP contribution in [0.15, 0.2) is 48.7 Å². The number of urea groups is 1. The highest BCUT2D eigenvalue weighted by Gasteiger charge is 2.41. The van der Waals surface area contributed by atoms with E-state index in [4.69, 9.17) is 4.74 Å². The number of aryl methyl sites for hydroxylation is 1. The monoisotopic (exact) mass is 628 g/mol. The van der Waals surface area contributed by atoms with E-state index < -0.39 is 23.9 Å². The van der Waals surface area contributed by atoms with Crippen molar-refractivity contribution in [2.24, 2.45) is 0 Å². The first-order valence-electron chi connectivity index (χ1n) is 15.3. The highest BCUT2D eigenvalue weighted by atomic mass is 19.4. The average molecular weight is 629 g/mol. The highest BCUT2D eigenvalue weighted by Crippen LogP contribution is 2.37. The Morgan fingerprint density at radius 2 is 1.80 bits per heavy atom. The molecule has 0 bridgehead atoms. The maximum Gasteiger partial charge on any atom is 0.416 e. The molecule has 4 heterocycles. The third-order valence-electron chi connectivity index (χ3n) is 8.99. The van der Waals surface area contributed by atoms with E-state index in [1.165, 1.54) is 29.2 Å². The van der Waals surface area contributed by atoms with Gasteiger partial charge in [-0.2, -0.15) is 18.3 Å². The zero-order valence-corrected chi connectivity index (χ0v) is 25.3. The van der Waals surface area contributed by atoms with Crippen LogP contribution in [0.4, 0.5) is 38.7 Å². The van der Waals surface area contributed by atoms with Gasteiger partial charge in [0, 0.05) is 37.4 Å². The predicted molar refractivity (Wildman–Crippen MR) is 159 cm³/mol. The van der Waals surface area contributed by atoms with Crippen LogP contribution < -0.4 is 9.80 Å². The van der Waals surface area contributed by atoms with Gasteiger partial charge in [0.2, 0.25) is 0 Å². The number of anilines is 2. The Morgan fingerprint density at radius 1 is 1.04 bits per heavy atom. The molecule has 240 valence electrons. The lowest BCUT2D eigenvalue weighted by atomic mass is 10.00. The predicted octanol–water partition coefficient (Wildman–Crippen LogP) is 6.19. The minimum absolute atomic E-state index is 0.0296. The molecule has 0 radical (unpaired) electrons. The highest BCUT2D eigenvalue weighted by molar-refractivity contribution is 5.94. The number of nitrogens with zero attached hydrogens (tertiary/aromatic N) is 6. The molecule has 1 unspecified atom stereocenters. The second-order valence-corrected chi connectivity index (χ2v) is 11.8. The number of piperidine rings is 1. The number of para-hydroxylation sites is 1. The number of carbonyl (C=O) groups is 2. The molecule has 1 atom stereocenters. The smallest absolute Gasteiger partial charge is 0.416 e. The minimum atomic E-state index is -4.59. The minimum Gasteiger partial charge on any atom is -0.450 e.